The molecule has 3 atom stereocenters. The lowest BCUT2D eigenvalue weighted by Crippen LogP contribution is -2.49. The van der Waals surface area contributed by atoms with E-state index in [0.29, 0.717) is 38.3 Å². The second kappa shape index (κ2) is 8.39. The van der Waals surface area contributed by atoms with E-state index in [2.05, 4.69) is 36.4 Å². The highest BCUT2D eigenvalue weighted by Crippen LogP contribution is 2.28. The third kappa shape index (κ3) is 4.66. The number of guanidine groups is 1. The fraction of sp³-hybridized carbons (Fsp3) is 0.533. The first-order chi connectivity index (χ1) is 12.0. The Morgan fingerprint density at radius 2 is 2.24 bits per heavy atom. The summed E-state index contributed by atoms with van der Waals surface area (Å²) in [5.41, 5.74) is 3.26. The maximum Gasteiger partial charge on any atom is 0.240 e. The van der Waals surface area contributed by atoms with Crippen molar-refractivity contribution in [2.24, 2.45) is 15.1 Å². The van der Waals surface area contributed by atoms with E-state index in [4.69, 9.17) is 16.3 Å². The third-order valence-electron chi connectivity index (χ3n) is 3.96. The fourth-order valence-electron chi connectivity index (χ4n) is 2.67. The van der Waals surface area contributed by atoms with Gasteiger partial charge in [-0.3, -0.25) is 4.90 Å². The molecule has 0 aromatic rings. The largest absolute Gasteiger partial charge is 0.506 e. The molecule has 0 spiro atoms. The molecule has 1 saturated heterocycles. The SMILES string of the molecule is OC1=C(/C=N\NC2=NC(N3CCOCC3)C(F)C=N2)CC(Br)C=C1Cl. The molecule has 2 aliphatic heterocycles. The Labute approximate surface area is 158 Å². The molecule has 2 heterocycles. The number of hydrazone groups is 1. The number of morpholine rings is 1. The smallest absolute Gasteiger partial charge is 0.240 e. The number of aliphatic hydroxyl groups excluding tert-OH is 1. The van der Waals surface area contributed by atoms with Crippen molar-refractivity contribution >= 4 is 45.9 Å². The third-order valence-corrected chi connectivity index (χ3v) is 4.85. The molecular formula is C15H18BrClFN5O2. The van der Waals surface area contributed by atoms with Gasteiger partial charge in [0.05, 0.1) is 24.5 Å². The van der Waals surface area contributed by atoms with Crippen LogP contribution in [-0.4, -0.2) is 71.9 Å². The Hall–Kier alpha value is -1.29. The van der Waals surface area contributed by atoms with Crippen molar-refractivity contribution in [1.82, 2.24) is 10.3 Å². The lowest BCUT2D eigenvalue weighted by atomic mass is 10.0. The molecule has 0 radical (unpaired) electrons. The number of nitrogens with zero attached hydrogens (tertiary/aromatic N) is 4. The molecule has 2 N–H and O–H groups in total. The monoisotopic (exact) mass is 433 g/mol. The highest BCUT2D eigenvalue weighted by molar-refractivity contribution is 9.09. The highest BCUT2D eigenvalue weighted by atomic mass is 79.9. The number of aliphatic hydroxyl groups is 1. The Kier molecular flexibility index (Phi) is 6.21. The molecule has 0 amide bonds. The zero-order valence-corrected chi connectivity index (χ0v) is 15.6. The van der Waals surface area contributed by atoms with Crippen molar-refractivity contribution in [2.45, 2.75) is 23.6 Å². The van der Waals surface area contributed by atoms with E-state index in [1.807, 2.05) is 4.90 Å². The number of allylic oxidation sites excluding steroid dienone is 3. The Bertz CT molecular complexity index is 660. The van der Waals surface area contributed by atoms with Gasteiger partial charge in [0.2, 0.25) is 5.96 Å². The molecule has 1 fully saturated rings. The Morgan fingerprint density at radius 1 is 1.48 bits per heavy atom. The summed E-state index contributed by atoms with van der Waals surface area (Å²) in [4.78, 5) is 10.2. The highest BCUT2D eigenvalue weighted by Gasteiger charge is 2.30. The average Bonchev–Trinajstić information content (AvgIpc) is 2.61. The van der Waals surface area contributed by atoms with Crippen LogP contribution in [0.15, 0.2) is 37.5 Å². The van der Waals surface area contributed by atoms with Crippen LogP contribution < -0.4 is 5.43 Å². The zero-order valence-electron chi connectivity index (χ0n) is 13.3. The predicted octanol–water partition coefficient (Wildman–Crippen LogP) is 2.10. The van der Waals surface area contributed by atoms with Crippen LogP contribution in [0.25, 0.3) is 0 Å². The van der Waals surface area contributed by atoms with Crippen LogP contribution in [0.2, 0.25) is 0 Å². The van der Waals surface area contributed by atoms with Crippen molar-refractivity contribution in [2.75, 3.05) is 26.3 Å². The van der Waals surface area contributed by atoms with E-state index in [1.54, 1.807) is 6.08 Å². The maximum atomic E-state index is 14.1. The average molecular weight is 435 g/mol. The van der Waals surface area contributed by atoms with E-state index in [-0.39, 0.29) is 21.6 Å². The van der Waals surface area contributed by atoms with E-state index in [1.165, 1.54) is 12.4 Å². The molecule has 3 rings (SSSR count). The number of nitrogens with one attached hydrogen (secondary N) is 1. The molecule has 25 heavy (non-hydrogen) atoms. The number of hydrogen-bond donors (Lipinski definition) is 2. The molecule has 0 bridgehead atoms. The molecular weight excluding hydrogens is 417 g/mol. The number of aliphatic imine (C=N–C) groups is 2. The number of alkyl halides is 2. The van der Waals surface area contributed by atoms with Crippen molar-refractivity contribution in [1.29, 1.82) is 0 Å². The van der Waals surface area contributed by atoms with Crippen LogP contribution in [0, 0.1) is 0 Å². The molecule has 10 heteroatoms. The minimum Gasteiger partial charge on any atom is -0.506 e. The Morgan fingerprint density at radius 3 is 3.00 bits per heavy atom. The standard InChI is InChI=1S/C15H18BrClFN5O2/c16-10-5-9(13(24)11(17)6-10)7-20-22-15-19-8-12(18)14(21-15)23-1-3-25-4-2-23/h6-8,10,12,14,24H,1-5H2,(H,21,22)/b20-7-. The molecule has 0 aromatic carbocycles. The molecule has 0 aromatic heterocycles. The van der Waals surface area contributed by atoms with Crippen LogP contribution in [0.4, 0.5) is 4.39 Å². The van der Waals surface area contributed by atoms with Gasteiger partial charge in [-0.1, -0.05) is 27.5 Å². The molecule has 1 aliphatic carbocycles. The second-order valence-electron chi connectivity index (χ2n) is 5.72. The van der Waals surface area contributed by atoms with Crippen LogP contribution in [0.5, 0.6) is 0 Å². The van der Waals surface area contributed by atoms with E-state index >= 15 is 0 Å². The summed E-state index contributed by atoms with van der Waals surface area (Å²) >= 11 is 9.37. The van der Waals surface area contributed by atoms with Gasteiger partial charge in [0.1, 0.15) is 11.9 Å². The summed E-state index contributed by atoms with van der Waals surface area (Å²) in [6.45, 7) is 2.37. The van der Waals surface area contributed by atoms with Crippen LogP contribution in [0.3, 0.4) is 0 Å². The van der Waals surface area contributed by atoms with E-state index in [0.717, 1.165) is 0 Å². The van der Waals surface area contributed by atoms with Crippen LogP contribution >= 0.6 is 27.5 Å². The first kappa shape index (κ1) is 18.5. The maximum absolute atomic E-state index is 14.1. The van der Waals surface area contributed by atoms with E-state index < -0.39 is 12.3 Å². The number of halogens is 3. The van der Waals surface area contributed by atoms with Crippen molar-refractivity contribution in [3.8, 4) is 0 Å². The first-order valence-electron chi connectivity index (χ1n) is 7.85. The van der Waals surface area contributed by atoms with Crippen LogP contribution in [0.1, 0.15) is 6.42 Å². The predicted molar refractivity (Wildman–Crippen MR) is 99.6 cm³/mol. The van der Waals surface area contributed by atoms with Gasteiger partial charge in [-0.05, 0) is 12.5 Å². The molecule has 7 nitrogen and oxygen atoms in total. The van der Waals surface area contributed by atoms with Gasteiger partial charge in [0.15, 0.2) is 6.17 Å². The summed E-state index contributed by atoms with van der Waals surface area (Å²) in [6, 6.07) is 0. The minimum absolute atomic E-state index is 0.00739. The van der Waals surface area contributed by atoms with E-state index in [9.17, 15) is 9.50 Å². The second-order valence-corrected chi connectivity index (χ2v) is 7.30. The zero-order chi connectivity index (χ0) is 17.8. The first-order valence-corrected chi connectivity index (χ1v) is 9.15. The van der Waals surface area contributed by atoms with Gasteiger partial charge in [-0.15, -0.1) is 0 Å². The number of ether oxygens (including phenoxy) is 1. The fourth-order valence-corrected chi connectivity index (χ4v) is 3.71. The van der Waals surface area contributed by atoms with Crippen molar-refractivity contribution in [3.63, 3.8) is 0 Å². The molecule has 0 saturated carbocycles. The normalized spacial score (nSPS) is 31.2. The lowest BCUT2D eigenvalue weighted by Gasteiger charge is -2.33. The summed E-state index contributed by atoms with van der Waals surface area (Å²) < 4.78 is 19.4. The van der Waals surface area contributed by atoms with Gasteiger partial charge < -0.3 is 9.84 Å². The summed E-state index contributed by atoms with van der Waals surface area (Å²) in [7, 11) is 0. The van der Waals surface area contributed by atoms with Gasteiger partial charge >= 0.3 is 0 Å². The van der Waals surface area contributed by atoms with Gasteiger partial charge in [0.25, 0.3) is 0 Å². The Balaban J connectivity index is 1.65. The van der Waals surface area contributed by atoms with Gasteiger partial charge in [-0.25, -0.2) is 19.8 Å². The summed E-state index contributed by atoms with van der Waals surface area (Å²) in [5, 5.41) is 14.3. The topological polar surface area (TPSA) is 81.8 Å². The van der Waals surface area contributed by atoms with Gasteiger partial charge in [-0.2, -0.15) is 5.10 Å². The van der Waals surface area contributed by atoms with Crippen LogP contribution in [-0.2, 0) is 4.74 Å². The summed E-state index contributed by atoms with van der Waals surface area (Å²) in [5.74, 6) is 0.210. The van der Waals surface area contributed by atoms with Crippen molar-refractivity contribution in [3.05, 3.63) is 22.4 Å². The summed E-state index contributed by atoms with van der Waals surface area (Å²) in [6.07, 6.45) is 3.04. The van der Waals surface area contributed by atoms with Gasteiger partial charge in [0, 0.05) is 29.7 Å². The lowest BCUT2D eigenvalue weighted by molar-refractivity contribution is 0.00754. The minimum atomic E-state index is -1.27. The number of rotatable bonds is 3. The molecule has 136 valence electrons. The number of hydrogen-bond acceptors (Lipinski definition) is 7. The quantitative estimate of drug-likeness (QED) is 0.405. The van der Waals surface area contributed by atoms with Crippen molar-refractivity contribution < 1.29 is 14.2 Å². The molecule has 3 aliphatic rings. The molecule has 3 unspecified atom stereocenters.